The van der Waals surface area contributed by atoms with Crippen LogP contribution in [-0.4, -0.2) is 52.5 Å². The highest BCUT2D eigenvalue weighted by Crippen LogP contribution is 2.31. The van der Waals surface area contributed by atoms with Gasteiger partial charge in [0.15, 0.2) is 0 Å². The molecule has 7 heteroatoms. The summed E-state index contributed by atoms with van der Waals surface area (Å²) in [4.78, 5) is 15.1. The minimum atomic E-state index is -0.0787. The lowest BCUT2D eigenvalue weighted by Crippen LogP contribution is -2.48. The van der Waals surface area contributed by atoms with E-state index in [4.69, 9.17) is 4.74 Å². The number of hydrogen-bond acceptors (Lipinski definition) is 5. The van der Waals surface area contributed by atoms with E-state index >= 15 is 0 Å². The number of nitrogens with zero attached hydrogens (tertiary/aromatic N) is 4. The molecule has 1 aliphatic heterocycles. The maximum Gasteiger partial charge on any atom is 0.254 e. The van der Waals surface area contributed by atoms with Gasteiger partial charge in [-0.2, -0.15) is 0 Å². The fourth-order valence-electron chi connectivity index (χ4n) is 3.51. The molecule has 2 aromatic carbocycles. The Balaban J connectivity index is 1.69. The van der Waals surface area contributed by atoms with Crippen LogP contribution in [0.25, 0.3) is 11.0 Å². The molecule has 3 aromatic rings. The van der Waals surface area contributed by atoms with E-state index in [0.717, 1.165) is 28.9 Å². The molecule has 0 bridgehead atoms. The van der Waals surface area contributed by atoms with E-state index in [-0.39, 0.29) is 11.9 Å². The molecule has 1 unspecified atom stereocenters. The molecule has 1 saturated heterocycles. The van der Waals surface area contributed by atoms with Gasteiger partial charge >= 0.3 is 0 Å². The first-order valence-corrected chi connectivity index (χ1v) is 8.63. The number of hydrogen-bond donors (Lipinski definition) is 1. The van der Waals surface area contributed by atoms with Gasteiger partial charge in [-0.1, -0.05) is 23.4 Å². The predicted octanol–water partition coefficient (Wildman–Crippen LogP) is 1.76. The zero-order valence-electron chi connectivity index (χ0n) is 14.8. The van der Waals surface area contributed by atoms with Crippen LogP contribution in [0.15, 0.2) is 42.5 Å². The van der Waals surface area contributed by atoms with E-state index < -0.39 is 0 Å². The summed E-state index contributed by atoms with van der Waals surface area (Å²) in [6.07, 6.45) is 0. The number of para-hydroxylation sites is 1. The number of carbonyl (C=O) groups is 1. The minimum absolute atomic E-state index is 0.00467. The molecule has 1 aliphatic rings. The number of benzene rings is 2. The Hall–Kier alpha value is -2.93. The second-order valence-corrected chi connectivity index (χ2v) is 6.38. The smallest absolute Gasteiger partial charge is 0.254 e. The van der Waals surface area contributed by atoms with Crippen LogP contribution in [0.1, 0.15) is 22.0 Å². The topological polar surface area (TPSA) is 72.3 Å². The first-order chi connectivity index (χ1) is 12.7. The highest BCUT2D eigenvalue weighted by molar-refractivity contribution is 5.97. The van der Waals surface area contributed by atoms with Crippen LogP contribution in [0.3, 0.4) is 0 Å². The number of nitrogens with one attached hydrogen (secondary N) is 1. The molecule has 4 rings (SSSR count). The largest absolute Gasteiger partial charge is 0.496 e. The van der Waals surface area contributed by atoms with Crippen LogP contribution >= 0.6 is 0 Å². The van der Waals surface area contributed by atoms with Crippen molar-refractivity contribution >= 4 is 16.9 Å². The van der Waals surface area contributed by atoms with Crippen LogP contribution < -0.4 is 10.1 Å². The van der Waals surface area contributed by atoms with Crippen molar-refractivity contribution in [2.45, 2.75) is 6.04 Å². The first-order valence-electron chi connectivity index (χ1n) is 8.63. The fraction of sp³-hybridized carbons (Fsp3) is 0.316. The van der Waals surface area contributed by atoms with Crippen molar-refractivity contribution in [3.05, 3.63) is 53.6 Å². The Morgan fingerprint density at radius 3 is 2.96 bits per heavy atom. The van der Waals surface area contributed by atoms with Crippen LogP contribution in [0.5, 0.6) is 5.75 Å². The molecule has 1 aromatic heterocycles. The summed E-state index contributed by atoms with van der Waals surface area (Å²) in [6.45, 7) is 2.10. The van der Waals surface area contributed by atoms with Crippen LogP contribution in [-0.2, 0) is 7.05 Å². The van der Waals surface area contributed by atoms with Gasteiger partial charge in [-0.05, 0) is 24.3 Å². The second-order valence-electron chi connectivity index (χ2n) is 6.38. The van der Waals surface area contributed by atoms with Gasteiger partial charge in [0.1, 0.15) is 11.3 Å². The third-order valence-electron chi connectivity index (χ3n) is 4.86. The van der Waals surface area contributed by atoms with Gasteiger partial charge in [0.05, 0.1) is 18.7 Å². The van der Waals surface area contributed by atoms with Crippen LogP contribution in [0, 0.1) is 0 Å². The van der Waals surface area contributed by atoms with E-state index in [2.05, 4.69) is 15.6 Å². The molecule has 1 amide bonds. The molecule has 26 heavy (non-hydrogen) atoms. The standard InChI is InChI=1S/C19H21N5O2/c1-23-16-8-7-13(11-15(16)21-22-23)19(25)24-10-9-20-12-17(24)14-5-3-4-6-18(14)26-2/h3-8,11,17,20H,9-10,12H2,1-2H3. The Morgan fingerprint density at radius 1 is 1.27 bits per heavy atom. The van der Waals surface area contributed by atoms with Crippen molar-refractivity contribution in [2.75, 3.05) is 26.7 Å². The van der Waals surface area contributed by atoms with Crippen LogP contribution in [0.2, 0.25) is 0 Å². The molecule has 1 N–H and O–H groups in total. The third kappa shape index (κ3) is 2.80. The second kappa shape index (κ2) is 6.76. The molecule has 7 nitrogen and oxygen atoms in total. The van der Waals surface area contributed by atoms with Gasteiger partial charge in [-0.15, -0.1) is 5.10 Å². The fourth-order valence-corrected chi connectivity index (χ4v) is 3.51. The number of rotatable bonds is 3. The van der Waals surface area contributed by atoms with Crippen molar-refractivity contribution in [1.82, 2.24) is 25.2 Å². The summed E-state index contributed by atoms with van der Waals surface area (Å²) >= 11 is 0. The zero-order chi connectivity index (χ0) is 18.1. The number of fused-ring (bicyclic) bond motifs is 1. The van der Waals surface area contributed by atoms with Crippen molar-refractivity contribution in [2.24, 2.45) is 7.05 Å². The summed E-state index contributed by atoms with van der Waals surface area (Å²) in [6, 6.07) is 13.3. The number of amides is 1. The summed E-state index contributed by atoms with van der Waals surface area (Å²) in [5.74, 6) is 0.790. The minimum Gasteiger partial charge on any atom is -0.496 e. The van der Waals surface area contributed by atoms with Crippen molar-refractivity contribution in [1.29, 1.82) is 0 Å². The van der Waals surface area contributed by atoms with E-state index in [1.165, 1.54) is 0 Å². The summed E-state index contributed by atoms with van der Waals surface area (Å²) < 4.78 is 7.21. The van der Waals surface area contributed by atoms with Crippen molar-refractivity contribution in [3.8, 4) is 5.75 Å². The first kappa shape index (κ1) is 16.5. The van der Waals surface area contributed by atoms with E-state index in [9.17, 15) is 4.79 Å². The molecule has 0 aliphatic carbocycles. The average molecular weight is 351 g/mol. The molecule has 1 fully saturated rings. The lowest BCUT2D eigenvalue weighted by atomic mass is 10.0. The van der Waals surface area contributed by atoms with Gasteiger partial charge < -0.3 is 15.0 Å². The molecular formula is C19H21N5O2. The van der Waals surface area contributed by atoms with Crippen molar-refractivity contribution < 1.29 is 9.53 Å². The highest BCUT2D eigenvalue weighted by Gasteiger charge is 2.30. The Kier molecular flexibility index (Phi) is 4.30. The maximum absolute atomic E-state index is 13.2. The lowest BCUT2D eigenvalue weighted by Gasteiger charge is -2.37. The Labute approximate surface area is 151 Å². The zero-order valence-corrected chi connectivity index (χ0v) is 14.8. The molecule has 0 saturated carbocycles. The maximum atomic E-state index is 13.2. The van der Waals surface area contributed by atoms with Gasteiger partial charge in [0.2, 0.25) is 0 Å². The summed E-state index contributed by atoms with van der Waals surface area (Å²) in [5.41, 5.74) is 3.27. The van der Waals surface area contributed by atoms with Gasteiger partial charge in [-0.3, -0.25) is 4.79 Å². The molecule has 0 spiro atoms. The molecule has 1 atom stereocenters. The molecular weight excluding hydrogens is 330 g/mol. The summed E-state index contributed by atoms with van der Waals surface area (Å²) in [7, 11) is 3.49. The molecule has 0 radical (unpaired) electrons. The van der Waals surface area contributed by atoms with E-state index in [0.29, 0.717) is 18.7 Å². The lowest BCUT2D eigenvalue weighted by molar-refractivity contribution is 0.0632. The van der Waals surface area contributed by atoms with Gasteiger partial charge in [0, 0.05) is 37.8 Å². The highest BCUT2D eigenvalue weighted by atomic mass is 16.5. The number of aromatic nitrogens is 3. The number of carbonyl (C=O) groups excluding carboxylic acids is 1. The van der Waals surface area contributed by atoms with Crippen molar-refractivity contribution in [3.63, 3.8) is 0 Å². The number of piperazine rings is 1. The average Bonchev–Trinajstić information content (AvgIpc) is 3.07. The van der Waals surface area contributed by atoms with E-state index in [1.807, 2.05) is 54.4 Å². The predicted molar refractivity (Wildman–Crippen MR) is 98.2 cm³/mol. The number of methoxy groups -OCH3 is 1. The monoisotopic (exact) mass is 351 g/mol. The normalized spacial score (nSPS) is 17.5. The third-order valence-corrected chi connectivity index (χ3v) is 4.86. The van der Waals surface area contributed by atoms with Crippen LogP contribution in [0.4, 0.5) is 0 Å². The van der Waals surface area contributed by atoms with Gasteiger partial charge in [-0.25, -0.2) is 4.68 Å². The number of aryl methyl sites for hydroxylation is 1. The Bertz CT molecular complexity index is 952. The Morgan fingerprint density at radius 2 is 2.12 bits per heavy atom. The van der Waals surface area contributed by atoms with E-state index in [1.54, 1.807) is 11.8 Å². The SMILES string of the molecule is COc1ccccc1C1CNCCN1C(=O)c1ccc2c(c1)nnn2C. The number of ether oxygens (including phenoxy) is 1. The quantitative estimate of drug-likeness (QED) is 0.779. The summed E-state index contributed by atoms with van der Waals surface area (Å²) in [5, 5.41) is 11.5. The molecule has 134 valence electrons. The molecule has 2 heterocycles. The van der Waals surface area contributed by atoms with Gasteiger partial charge in [0.25, 0.3) is 5.91 Å².